The maximum absolute atomic E-state index is 12.5. The Morgan fingerprint density at radius 3 is 2.59 bits per heavy atom. The van der Waals surface area contributed by atoms with E-state index in [4.69, 9.17) is 39.5 Å². The van der Waals surface area contributed by atoms with E-state index < -0.39 is 5.97 Å². The molecule has 0 radical (unpaired) electrons. The van der Waals surface area contributed by atoms with Gasteiger partial charge in [0.25, 0.3) is 5.56 Å². The van der Waals surface area contributed by atoms with Gasteiger partial charge in [0.05, 0.1) is 39.2 Å². The van der Waals surface area contributed by atoms with Gasteiger partial charge in [0.2, 0.25) is 5.91 Å². The lowest BCUT2D eigenvalue weighted by Gasteiger charge is -2.12. The van der Waals surface area contributed by atoms with Crippen molar-refractivity contribution in [3.63, 3.8) is 0 Å². The van der Waals surface area contributed by atoms with Gasteiger partial charge in [-0.3, -0.25) is 20.4 Å². The molecule has 2 heterocycles. The van der Waals surface area contributed by atoms with Crippen LogP contribution in [-0.2, 0) is 15.3 Å². The number of carbonyl (C=O) groups excluding carboxylic acids is 2. The highest BCUT2D eigenvalue weighted by Gasteiger charge is 2.20. The Labute approximate surface area is 206 Å². The number of nitrogens with one attached hydrogen (secondary N) is 3. The Hall–Kier alpha value is -1.98. The number of aromatic nitrogens is 2. The maximum atomic E-state index is 12.5. The molecule has 0 spiro atoms. The van der Waals surface area contributed by atoms with Gasteiger partial charge in [0, 0.05) is 5.02 Å². The summed E-state index contributed by atoms with van der Waals surface area (Å²) in [5.74, 6) is -0.0545. The van der Waals surface area contributed by atoms with Crippen molar-refractivity contribution in [2.75, 3.05) is 17.8 Å². The zero-order valence-electron chi connectivity index (χ0n) is 16.8. The van der Waals surface area contributed by atoms with E-state index in [1.165, 1.54) is 23.9 Å². The summed E-state index contributed by atoms with van der Waals surface area (Å²) in [5.41, 5.74) is 5.70. The van der Waals surface area contributed by atoms with E-state index in [0.29, 0.717) is 37.2 Å². The fourth-order valence-corrected chi connectivity index (χ4v) is 5.41. The third-order valence-corrected chi connectivity index (χ3v) is 7.04. The summed E-state index contributed by atoms with van der Waals surface area (Å²) in [5, 5.41) is 1.27. The first-order valence-corrected chi connectivity index (χ1v) is 12.3. The number of aromatic amines is 1. The highest BCUT2D eigenvalue weighted by Crippen LogP contribution is 2.33. The van der Waals surface area contributed by atoms with Crippen LogP contribution in [0.15, 0.2) is 16.9 Å². The molecule has 32 heavy (non-hydrogen) atoms. The topological polar surface area (TPSA) is 113 Å². The number of hydrogen-bond acceptors (Lipinski definition) is 8. The van der Waals surface area contributed by atoms with E-state index >= 15 is 0 Å². The summed E-state index contributed by atoms with van der Waals surface area (Å²) in [6.45, 7) is 3.64. The first kappa shape index (κ1) is 24.7. The number of rotatable bonds is 8. The Morgan fingerprint density at radius 2 is 1.94 bits per heavy atom. The van der Waals surface area contributed by atoms with Crippen LogP contribution < -0.4 is 16.4 Å². The molecule has 0 atom stereocenters. The van der Waals surface area contributed by atoms with E-state index in [9.17, 15) is 14.4 Å². The van der Waals surface area contributed by atoms with Crippen LogP contribution in [0.25, 0.3) is 10.2 Å². The van der Waals surface area contributed by atoms with Crippen LogP contribution in [0.2, 0.25) is 15.1 Å². The lowest BCUT2D eigenvalue weighted by Crippen LogP contribution is -2.31. The average molecular weight is 536 g/mol. The van der Waals surface area contributed by atoms with Gasteiger partial charge >= 0.3 is 5.97 Å². The predicted octanol–water partition coefficient (Wildman–Crippen LogP) is 4.81. The second-order valence-corrected chi connectivity index (χ2v) is 9.62. The molecule has 0 fully saturated rings. The zero-order valence-corrected chi connectivity index (χ0v) is 20.7. The van der Waals surface area contributed by atoms with Crippen molar-refractivity contribution in [1.29, 1.82) is 0 Å². The van der Waals surface area contributed by atoms with Crippen LogP contribution in [0.5, 0.6) is 0 Å². The number of amides is 1. The molecule has 0 saturated carbocycles. The van der Waals surface area contributed by atoms with Crippen molar-refractivity contribution in [2.45, 2.75) is 19.6 Å². The standard InChI is InChI=1S/C19H17Cl3N4O4S2/c1-3-30-19(29)16-8(2)14-17(28)23-12(24-18(14)32-16)6-31-7-13(27)25-26-15-10(21)4-9(20)5-11(15)22/h4-5,26H,3,6-7H2,1-2H3,(H,25,27)(H,23,24,28). The van der Waals surface area contributed by atoms with Crippen molar-refractivity contribution in [3.8, 4) is 0 Å². The van der Waals surface area contributed by atoms with Gasteiger partial charge in [-0.25, -0.2) is 9.78 Å². The number of ether oxygens (including phenoxy) is 1. The smallest absolute Gasteiger partial charge is 0.348 e. The lowest BCUT2D eigenvalue weighted by molar-refractivity contribution is -0.118. The van der Waals surface area contributed by atoms with E-state index in [1.807, 2.05) is 0 Å². The Bertz CT molecular complexity index is 1220. The van der Waals surface area contributed by atoms with Crippen molar-refractivity contribution < 1.29 is 14.3 Å². The number of esters is 1. The van der Waals surface area contributed by atoms with Crippen molar-refractivity contribution in [1.82, 2.24) is 15.4 Å². The number of hydrogen-bond donors (Lipinski definition) is 3. The van der Waals surface area contributed by atoms with Crippen LogP contribution in [-0.4, -0.2) is 34.2 Å². The number of carbonyl (C=O) groups is 2. The van der Waals surface area contributed by atoms with Gasteiger partial charge in [-0.2, -0.15) is 0 Å². The molecule has 13 heteroatoms. The van der Waals surface area contributed by atoms with E-state index in [0.717, 1.165) is 11.3 Å². The molecule has 1 aromatic carbocycles. The number of nitrogens with zero attached hydrogens (tertiary/aromatic N) is 1. The molecule has 8 nitrogen and oxygen atoms in total. The lowest BCUT2D eigenvalue weighted by atomic mass is 10.2. The van der Waals surface area contributed by atoms with Gasteiger partial charge in [-0.1, -0.05) is 34.8 Å². The van der Waals surface area contributed by atoms with Crippen molar-refractivity contribution in [2.24, 2.45) is 0 Å². The van der Waals surface area contributed by atoms with Crippen LogP contribution in [0.4, 0.5) is 5.69 Å². The number of hydrazine groups is 1. The second-order valence-electron chi connectivity index (χ2n) is 6.38. The zero-order chi connectivity index (χ0) is 23.4. The quantitative estimate of drug-likeness (QED) is 0.280. The SMILES string of the molecule is CCOC(=O)c1sc2nc(CSCC(=O)NNc3c(Cl)cc(Cl)cc3Cl)[nH]c(=O)c2c1C. The van der Waals surface area contributed by atoms with E-state index in [2.05, 4.69) is 20.8 Å². The number of H-pyrrole nitrogens is 1. The Morgan fingerprint density at radius 1 is 1.25 bits per heavy atom. The third kappa shape index (κ3) is 5.68. The third-order valence-electron chi connectivity index (χ3n) is 4.12. The number of thioether (sulfide) groups is 1. The molecule has 3 rings (SSSR count). The number of thiophene rings is 1. The minimum Gasteiger partial charge on any atom is -0.462 e. The summed E-state index contributed by atoms with van der Waals surface area (Å²) in [6.07, 6.45) is 0. The van der Waals surface area contributed by atoms with Crippen LogP contribution in [0.1, 0.15) is 28.0 Å². The van der Waals surface area contributed by atoms with Crippen LogP contribution >= 0.6 is 57.9 Å². The molecule has 3 N–H and O–H groups in total. The molecule has 3 aromatic rings. The normalized spacial score (nSPS) is 10.9. The molecule has 0 aliphatic rings. The molecular formula is C19H17Cl3N4O4S2. The number of anilines is 1. The average Bonchev–Trinajstić information content (AvgIpc) is 3.04. The molecule has 0 bridgehead atoms. The number of benzene rings is 1. The minimum atomic E-state index is -0.478. The number of halogens is 3. The minimum absolute atomic E-state index is 0.0785. The van der Waals surface area contributed by atoms with Crippen LogP contribution in [0.3, 0.4) is 0 Å². The number of fused-ring (bicyclic) bond motifs is 1. The molecule has 170 valence electrons. The van der Waals surface area contributed by atoms with Gasteiger partial charge in [-0.05, 0) is 31.5 Å². The van der Waals surface area contributed by atoms with Crippen LogP contribution in [0, 0.1) is 6.92 Å². The molecule has 2 aromatic heterocycles. The first-order chi connectivity index (χ1) is 15.2. The fourth-order valence-electron chi connectivity index (χ4n) is 2.72. The maximum Gasteiger partial charge on any atom is 0.348 e. The first-order valence-electron chi connectivity index (χ1n) is 9.17. The summed E-state index contributed by atoms with van der Waals surface area (Å²) in [6, 6.07) is 2.99. The van der Waals surface area contributed by atoms with Gasteiger partial charge in [0.1, 0.15) is 15.5 Å². The predicted molar refractivity (Wildman–Crippen MR) is 130 cm³/mol. The number of aryl methyl sites for hydroxylation is 1. The second kappa shape index (κ2) is 10.8. The molecular weight excluding hydrogens is 519 g/mol. The van der Waals surface area contributed by atoms with Gasteiger partial charge in [-0.15, -0.1) is 23.1 Å². The Balaban J connectivity index is 1.61. The van der Waals surface area contributed by atoms with Crippen molar-refractivity contribution in [3.05, 3.63) is 53.8 Å². The molecule has 1 amide bonds. The molecule has 0 aliphatic carbocycles. The largest absolute Gasteiger partial charge is 0.462 e. The molecule has 0 aliphatic heterocycles. The van der Waals surface area contributed by atoms with Crippen molar-refractivity contribution >= 4 is 85.7 Å². The fraction of sp³-hybridized carbons (Fsp3) is 0.263. The molecule has 0 saturated heterocycles. The summed E-state index contributed by atoms with van der Waals surface area (Å²) < 4.78 is 5.03. The van der Waals surface area contributed by atoms with E-state index in [1.54, 1.807) is 13.8 Å². The summed E-state index contributed by atoms with van der Waals surface area (Å²) >= 11 is 20.3. The highest BCUT2D eigenvalue weighted by atomic mass is 35.5. The summed E-state index contributed by atoms with van der Waals surface area (Å²) in [7, 11) is 0. The molecule has 0 unspecified atom stereocenters. The Kier molecular flexibility index (Phi) is 8.29. The van der Waals surface area contributed by atoms with Gasteiger partial charge in [0.15, 0.2) is 0 Å². The van der Waals surface area contributed by atoms with Gasteiger partial charge < -0.3 is 9.72 Å². The monoisotopic (exact) mass is 534 g/mol. The van der Waals surface area contributed by atoms with E-state index in [-0.39, 0.29) is 39.6 Å². The summed E-state index contributed by atoms with van der Waals surface area (Å²) in [4.78, 5) is 44.6. The highest BCUT2D eigenvalue weighted by molar-refractivity contribution is 7.99.